The fourth-order valence-corrected chi connectivity index (χ4v) is 4.77. The first-order valence-electron chi connectivity index (χ1n) is 13.4. The molecule has 0 fully saturated rings. The lowest BCUT2D eigenvalue weighted by molar-refractivity contribution is 0.312. The average molecular weight is 490 g/mol. The summed E-state index contributed by atoms with van der Waals surface area (Å²) < 4.78 is 12.6. The van der Waals surface area contributed by atoms with Crippen molar-refractivity contribution >= 4 is 16.7 Å². The van der Waals surface area contributed by atoms with Gasteiger partial charge in [0.1, 0.15) is 17.1 Å². The van der Waals surface area contributed by atoms with E-state index in [1.165, 1.54) is 27.6 Å². The topological polar surface area (TPSA) is 34.4 Å². The van der Waals surface area contributed by atoms with Gasteiger partial charge >= 0.3 is 0 Å². The fraction of sp³-hybridized carbons (Fsp3) is 0.235. The van der Waals surface area contributed by atoms with Crippen molar-refractivity contribution in [2.24, 2.45) is 0 Å². The lowest BCUT2D eigenvalue weighted by Gasteiger charge is -2.16. The molecular weight excluding hydrogens is 454 g/mol. The number of benzene rings is 4. The van der Waals surface area contributed by atoms with Gasteiger partial charge in [-0.25, -0.2) is 0 Å². The molecule has 4 aromatic carbocycles. The number of fused-ring (bicyclic) bond motifs is 1. The zero-order valence-corrected chi connectivity index (χ0v) is 21.6. The molecule has 5 rings (SSSR count). The van der Waals surface area contributed by atoms with Crippen LogP contribution in [0.15, 0.2) is 108 Å². The summed E-state index contributed by atoms with van der Waals surface area (Å²) in [5.41, 5.74) is 6.91. The predicted octanol–water partition coefficient (Wildman–Crippen LogP) is 9.07. The van der Waals surface area contributed by atoms with Crippen molar-refractivity contribution in [1.29, 1.82) is 0 Å². The zero-order chi connectivity index (χ0) is 25.3. The minimum absolute atomic E-state index is 0.671. The van der Waals surface area contributed by atoms with Crippen molar-refractivity contribution in [3.05, 3.63) is 120 Å². The first-order chi connectivity index (χ1) is 18.3. The molecule has 1 N–H and O–H groups in total. The van der Waals surface area contributed by atoms with Gasteiger partial charge in [0.15, 0.2) is 0 Å². The second-order valence-electron chi connectivity index (χ2n) is 9.47. The quantitative estimate of drug-likeness (QED) is 0.177. The Bertz CT molecular complexity index is 1410. The molecule has 1 heterocycles. The molecule has 37 heavy (non-hydrogen) atoms. The maximum Gasteiger partial charge on any atom is 0.142 e. The van der Waals surface area contributed by atoms with E-state index in [2.05, 4.69) is 109 Å². The third-order valence-corrected chi connectivity index (χ3v) is 6.79. The smallest absolute Gasteiger partial charge is 0.142 e. The molecule has 0 spiro atoms. The first kappa shape index (κ1) is 24.7. The molecule has 0 aliphatic heterocycles. The molecule has 0 saturated heterocycles. The SMILES string of the molecule is CCCCc1oc2ccccc2c1CNc1cc(-c2ccccc2)ccc1OCCCc1ccccc1. The number of rotatable bonds is 12. The minimum Gasteiger partial charge on any atom is -0.491 e. The summed E-state index contributed by atoms with van der Waals surface area (Å²) in [6.45, 7) is 3.58. The Kier molecular flexibility index (Phi) is 8.22. The minimum atomic E-state index is 0.671. The highest BCUT2D eigenvalue weighted by Gasteiger charge is 2.15. The van der Waals surface area contributed by atoms with Crippen molar-refractivity contribution in [3.63, 3.8) is 0 Å². The van der Waals surface area contributed by atoms with Crippen LogP contribution in [0.4, 0.5) is 5.69 Å². The van der Waals surface area contributed by atoms with E-state index in [9.17, 15) is 0 Å². The van der Waals surface area contributed by atoms with Crippen molar-refractivity contribution in [2.75, 3.05) is 11.9 Å². The molecule has 3 heteroatoms. The highest BCUT2D eigenvalue weighted by molar-refractivity contribution is 5.83. The molecule has 0 aliphatic rings. The van der Waals surface area contributed by atoms with Crippen LogP contribution < -0.4 is 10.1 Å². The summed E-state index contributed by atoms with van der Waals surface area (Å²) in [5, 5.41) is 4.89. The first-order valence-corrected chi connectivity index (χ1v) is 13.4. The lowest BCUT2D eigenvalue weighted by Crippen LogP contribution is -2.06. The summed E-state index contributed by atoms with van der Waals surface area (Å²) in [7, 11) is 0. The van der Waals surface area contributed by atoms with Crippen LogP contribution in [-0.4, -0.2) is 6.61 Å². The Morgan fingerprint density at radius 2 is 1.49 bits per heavy atom. The van der Waals surface area contributed by atoms with Crippen molar-refractivity contribution < 1.29 is 9.15 Å². The van der Waals surface area contributed by atoms with E-state index in [4.69, 9.17) is 9.15 Å². The van der Waals surface area contributed by atoms with Crippen LogP contribution in [0.2, 0.25) is 0 Å². The van der Waals surface area contributed by atoms with Gasteiger partial charge in [0.05, 0.1) is 12.3 Å². The summed E-state index contributed by atoms with van der Waals surface area (Å²) in [6.07, 6.45) is 5.19. The molecule has 0 unspecified atom stereocenters. The number of para-hydroxylation sites is 1. The third-order valence-electron chi connectivity index (χ3n) is 6.79. The summed E-state index contributed by atoms with van der Waals surface area (Å²) in [5.74, 6) is 1.97. The summed E-state index contributed by atoms with van der Waals surface area (Å²) in [4.78, 5) is 0. The van der Waals surface area contributed by atoms with Gasteiger partial charge in [-0.1, -0.05) is 98.3 Å². The van der Waals surface area contributed by atoms with E-state index in [0.717, 1.165) is 54.9 Å². The standard InChI is InChI=1S/C34H35NO2/c1-2-3-19-33-30(29-18-10-11-20-32(29)37-33)25-35-31-24-28(27-16-8-5-9-17-27)21-22-34(31)36-23-12-15-26-13-6-4-7-14-26/h4-11,13-14,16-18,20-22,24,35H,2-3,12,15,19,23,25H2,1H3. The van der Waals surface area contributed by atoms with E-state index in [1.54, 1.807) is 0 Å². The number of unbranched alkanes of at least 4 members (excludes halogenated alkanes) is 1. The van der Waals surface area contributed by atoms with Gasteiger partial charge in [-0.2, -0.15) is 0 Å². The summed E-state index contributed by atoms with van der Waals surface area (Å²) >= 11 is 0. The van der Waals surface area contributed by atoms with Gasteiger partial charge in [-0.15, -0.1) is 0 Å². The molecule has 3 nitrogen and oxygen atoms in total. The zero-order valence-electron chi connectivity index (χ0n) is 21.6. The molecule has 0 saturated carbocycles. The monoisotopic (exact) mass is 489 g/mol. The van der Waals surface area contributed by atoms with Gasteiger partial charge < -0.3 is 14.5 Å². The second-order valence-corrected chi connectivity index (χ2v) is 9.47. The van der Waals surface area contributed by atoms with Crippen LogP contribution in [-0.2, 0) is 19.4 Å². The maximum atomic E-state index is 6.32. The normalized spacial score (nSPS) is 11.1. The number of hydrogen-bond acceptors (Lipinski definition) is 3. The molecule has 0 radical (unpaired) electrons. The van der Waals surface area contributed by atoms with E-state index < -0.39 is 0 Å². The number of furan rings is 1. The molecule has 0 bridgehead atoms. The molecule has 188 valence electrons. The van der Waals surface area contributed by atoms with Gasteiger partial charge in [-0.3, -0.25) is 0 Å². The van der Waals surface area contributed by atoms with Gasteiger partial charge in [-0.05, 0) is 54.2 Å². The fourth-order valence-electron chi connectivity index (χ4n) is 4.77. The third kappa shape index (κ3) is 6.24. The second kappa shape index (κ2) is 12.3. The van der Waals surface area contributed by atoms with E-state index in [0.29, 0.717) is 13.2 Å². The highest BCUT2D eigenvalue weighted by atomic mass is 16.5. The Morgan fingerprint density at radius 1 is 0.730 bits per heavy atom. The Hall–Kier alpha value is -3.98. The number of ether oxygens (including phenoxy) is 1. The summed E-state index contributed by atoms with van der Waals surface area (Å²) in [6, 6.07) is 35.9. The van der Waals surface area contributed by atoms with Crippen LogP contribution in [0, 0.1) is 0 Å². The van der Waals surface area contributed by atoms with Crippen molar-refractivity contribution in [3.8, 4) is 16.9 Å². The lowest BCUT2D eigenvalue weighted by atomic mass is 10.0. The van der Waals surface area contributed by atoms with Crippen molar-refractivity contribution in [1.82, 2.24) is 0 Å². The molecular formula is C34H35NO2. The average Bonchev–Trinajstić information content (AvgIpc) is 3.31. The van der Waals surface area contributed by atoms with E-state index in [1.807, 2.05) is 6.07 Å². The largest absolute Gasteiger partial charge is 0.491 e. The molecule has 0 amide bonds. The van der Waals surface area contributed by atoms with Gasteiger partial charge in [0.2, 0.25) is 0 Å². The van der Waals surface area contributed by atoms with Crippen LogP contribution in [0.3, 0.4) is 0 Å². The van der Waals surface area contributed by atoms with Crippen LogP contribution in [0.5, 0.6) is 5.75 Å². The van der Waals surface area contributed by atoms with Crippen molar-refractivity contribution in [2.45, 2.75) is 45.6 Å². The Balaban J connectivity index is 1.37. The Labute approximate surface area is 220 Å². The molecule has 5 aromatic rings. The van der Waals surface area contributed by atoms with Crippen LogP contribution in [0.25, 0.3) is 22.1 Å². The molecule has 1 aromatic heterocycles. The number of hydrogen-bond donors (Lipinski definition) is 1. The predicted molar refractivity (Wildman–Crippen MR) is 154 cm³/mol. The molecule has 0 aliphatic carbocycles. The van der Waals surface area contributed by atoms with E-state index >= 15 is 0 Å². The molecule has 0 atom stereocenters. The number of nitrogens with one attached hydrogen (secondary N) is 1. The van der Waals surface area contributed by atoms with E-state index in [-0.39, 0.29) is 0 Å². The van der Waals surface area contributed by atoms with Gasteiger partial charge in [0.25, 0.3) is 0 Å². The van der Waals surface area contributed by atoms with Crippen LogP contribution >= 0.6 is 0 Å². The number of aryl methyl sites for hydroxylation is 2. The maximum absolute atomic E-state index is 6.32. The van der Waals surface area contributed by atoms with Crippen LogP contribution in [0.1, 0.15) is 43.1 Å². The highest BCUT2D eigenvalue weighted by Crippen LogP contribution is 2.33. The number of anilines is 1. The Morgan fingerprint density at radius 3 is 2.30 bits per heavy atom. The van der Waals surface area contributed by atoms with Gasteiger partial charge in [0, 0.05) is 23.9 Å².